The van der Waals surface area contributed by atoms with E-state index < -0.39 is 0 Å². The van der Waals surface area contributed by atoms with Crippen LogP contribution in [0.2, 0.25) is 0 Å². The van der Waals surface area contributed by atoms with E-state index in [2.05, 4.69) is 45.7 Å². The van der Waals surface area contributed by atoms with Crippen LogP contribution in [0.3, 0.4) is 0 Å². The van der Waals surface area contributed by atoms with E-state index in [1.807, 2.05) is 22.7 Å². The number of aryl methyl sites for hydroxylation is 2. The molecule has 0 N–H and O–H groups in total. The van der Waals surface area contributed by atoms with Gasteiger partial charge in [0.1, 0.15) is 0 Å². The van der Waals surface area contributed by atoms with Gasteiger partial charge in [-0.1, -0.05) is 6.92 Å². The van der Waals surface area contributed by atoms with Crippen molar-refractivity contribution in [2.45, 2.75) is 20.3 Å². The fourth-order valence-electron chi connectivity index (χ4n) is 1.33. The van der Waals surface area contributed by atoms with Crippen molar-refractivity contribution in [1.29, 1.82) is 0 Å². The maximum Gasteiger partial charge on any atom is 0.0751 e. The zero-order valence-corrected chi connectivity index (χ0v) is 12.1. The molecule has 4 heteroatoms. The Balaban J connectivity index is 2.84. The lowest BCUT2D eigenvalue weighted by Crippen LogP contribution is -1.72. The summed E-state index contributed by atoms with van der Waals surface area (Å²) in [5.41, 5.74) is 2.84. The number of hydrogen-bond donors (Lipinski definition) is 0. The van der Waals surface area contributed by atoms with Gasteiger partial charge in [-0.05, 0) is 56.3 Å². The van der Waals surface area contributed by atoms with Crippen molar-refractivity contribution in [2.75, 3.05) is 0 Å². The summed E-state index contributed by atoms with van der Waals surface area (Å²) in [6.07, 6.45) is 1.10. The van der Waals surface area contributed by atoms with Crippen molar-refractivity contribution in [3.05, 3.63) is 18.7 Å². The predicted molar refractivity (Wildman–Crippen MR) is 69.2 cm³/mol. The summed E-state index contributed by atoms with van der Waals surface area (Å²) in [7, 11) is 0. The maximum absolute atomic E-state index is 3.62. The summed E-state index contributed by atoms with van der Waals surface area (Å²) in [5, 5.41) is 0. The molecule has 0 saturated heterocycles. The number of rotatable bonds is 1. The smallest absolute Gasteiger partial charge is 0.0751 e. The molecule has 0 unspecified atom stereocenters. The van der Waals surface area contributed by atoms with Gasteiger partial charge in [0.15, 0.2) is 0 Å². The van der Waals surface area contributed by atoms with Gasteiger partial charge < -0.3 is 0 Å². The van der Waals surface area contributed by atoms with E-state index in [1.165, 1.54) is 28.1 Å². The Hall–Kier alpha value is 0.620. The fourth-order valence-corrected chi connectivity index (χ4v) is 5.69. The second-order valence-electron chi connectivity index (χ2n) is 2.87. The van der Waals surface area contributed by atoms with E-state index in [-0.39, 0.29) is 0 Å². The monoisotopic (exact) mass is 338 g/mol. The van der Waals surface area contributed by atoms with E-state index >= 15 is 0 Å². The molecule has 2 rings (SSSR count). The number of hydrogen-bond acceptors (Lipinski definition) is 2. The van der Waals surface area contributed by atoms with Crippen LogP contribution in [0, 0.1) is 6.92 Å². The lowest BCUT2D eigenvalue weighted by molar-refractivity contribution is 1.17. The van der Waals surface area contributed by atoms with Crippen LogP contribution in [0.1, 0.15) is 18.1 Å². The Kier molecular flexibility index (Phi) is 2.85. The normalized spacial score (nSPS) is 11.4. The Morgan fingerprint density at radius 1 is 1.08 bits per heavy atom. The molecule has 2 aromatic rings. The van der Waals surface area contributed by atoms with Crippen LogP contribution in [0.4, 0.5) is 0 Å². The number of thiophene rings is 2. The van der Waals surface area contributed by atoms with Gasteiger partial charge in [-0.15, -0.1) is 22.7 Å². The van der Waals surface area contributed by atoms with Crippen LogP contribution in [-0.2, 0) is 6.42 Å². The van der Waals surface area contributed by atoms with Crippen molar-refractivity contribution in [1.82, 2.24) is 0 Å². The van der Waals surface area contributed by atoms with Crippen LogP contribution in [0.15, 0.2) is 7.57 Å². The molecule has 0 aliphatic heterocycles. The van der Waals surface area contributed by atoms with Crippen LogP contribution < -0.4 is 0 Å². The first-order valence-electron chi connectivity index (χ1n) is 4.01. The van der Waals surface area contributed by atoms with E-state index in [0.29, 0.717) is 0 Å². The van der Waals surface area contributed by atoms with Crippen molar-refractivity contribution in [3.8, 4) is 0 Å². The topological polar surface area (TPSA) is 0 Å². The molecular formula is C9H8Br2S2. The Bertz CT molecular complexity index is 454. The minimum Gasteiger partial charge on any atom is -0.127 e. The highest BCUT2D eigenvalue weighted by molar-refractivity contribution is 9.11. The molecule has 2 aromatic heterocycles. The van der Waals surface area contributed by atoms with Gasteiger partial charge in [-0.2, -0.15) is 0 Å². The van der Waals surface area contributed by atoms with Gasteiger partial charge >= 0.3 is 0 Å². The van der Waals surface area contributed by atoms with E-state index in [1.54, 1.807) is 0 Å². The first-order valence-corrected chi connectivity index (χ1v) is 7.22. The van der Waals surface area contributed by atoms with Crippen LogP contribution in [-0.4, -0.2) is 0 Å². The summed E-state index contributed by atoms with van der Waals surface area (Å²) < 4.78 is 5.45. The first-order chi connectivity index (χ1) is 6.15. The van der Waals surface area contributed by atoms with Gasteiger partial charge in [0.25, 0.3) is 0 Å². The maximum atomic E-state index is 3.62. The molecule has 2 heterocycles. The Morgan fingerprint density at radius 2 is 1.69 bits per heavy atom. The molecule has 0 bridgehead atoms. The highest BCUT2D eigenvalue weighted by atomic mass is 79.9. The molecule has 0 nitrogen and oxygen atoms in total. The zero-order valence-electron chi connectivity index (χ0n) is 7.28. The molecular weight excluding hydrogens is 332 g/mol. The molecule has 0 fully saturated rings. The predicted octanol–water partition coefficient (Wildman–Crippen LogP) is 5.36. The third kappa shape index (κ3) is 1.52. The minimum absolute atomic E-state index is 1.10. The lowest BCUT2D eigenvalue weighted by Gasteiger charge is -1.90. The third-order valence-electron chi connectivity index (χ3n) is 2.09. The van der Waals surface area contributed by atoms with Crippen LogP contribution in [0.25, 0.3) is 9.40 Å². The number of halogens is 2. The minimum atomic E-state index is 1.10. The molecule has 70 valence electrons. The summed E-state index contributed by atoms with van der Waals surface area (Å²) in [6.45, 7) is 4.38. The first kappa shape index (κ1) is 10.1. The highest BCUT2D eigenvalue weighted by Gasteiger charge is 2.14. The molecule has 0 saturated carbocycles. The van der Waals surface area contributed by atoms with Gasteiger partial charge in [0.2, 0.25) is 0 Å². The van der Waals surface area contributed by atoms with Crippen molar-refractivity contribution >= 4 is 63.9 Å². The Morgan fingerprint density at radius 3 is 2.31 bits per heavy atom. The van der Waals surface area contributed by atoms with Gasteiger partial charge in [-0.25, -0.2) is 0 Å². The van der Waals surface area contributed by atoms with Gasteiger partial charge in [0.05, 0.1) is 17.0 Å². The standard InChI is InChI=1S/C9H8Br2S2/c1-3-5-7-6(12-9(5)11)4(2)8(10)13-7/h3H2,1-2H3. The van der Waals surface area contributed by atoms with Crippen LogP contribution >= 0.6 is 54.5 Å². The van der Waals surface area contributed by atoms with Crippen molar-refractivity contribution in [2.24, 2.45) is 0 Å². The van der Waals surface area contributed by atoms with Gasteiger partial charge in [0, 0.05) is 0 Å². The SMILES string of the molecule is CCc1c(Br)sc2c(C)c(Br)sc12. The Labute approximate surface area is 102 Å². The largest absolute Gasteiger partial charge is 0.127 e. The van der Waals surface area contributed by atoms with E-state index in [9.17, 15) is 0 Å². The fraction of sp³-hybridized carbons (Fsp3) is 0.333. The highest BCUT2D eigenvalue weighted by Crippen LogP contribution is 2.45. The molecule has 0 aliphatic rings. The lowest BCUT2D eigenvalue weighted by atomic mass is 10.2. The zero-order chi connectivity index (χ0) is 9.59. The molecule has 0 atom stereocenters. The van der Waals surface area contributed by atoms with Crippen molar-refractivity contribution < 1.29 is 0 Å². The average Bonchev–Trinajstić information content (AvgIpc) is 2.52. The van der Waals surface area contributed by atoms with Gasteiger partial charge in [-0.3, -0.25) is 0 Å². The average molecular weight is 340 g/mol. The summed E-state index contributed by atoms with van der Waals surface area (Å²) in [6, 6.07) is 0. The van der Waals surface area contributed by atoms with E-state index in [0.717, 1.165) is 6.42 Å². The summed E-state index contributed by atoms with van der Waals surface area (Å²) in [4.78, 5) is 0. The molecule has 0 amide bonds. The van der Waals surface area contributed by atoms with Crippen molar-refractivity contribution in [3.63, 3.8) is 0 Å². The van der Waals surface area contributed by atoms with Crippen LogP contribution in [0.5, 0.6) is 0 Å². The molecule has 13 heavy (non-hydrogen) atoms. The molecule has 0 spiro atoms. The molecule has 0 radical (unpaired) electrons. The number of fused-ring (bicyclic) bond motifs is 1. The summed E-state index contributed by atoms with van der Waals surface area (Å²) in [5.74, 6) is 0. The second-order valence-corrected chi connectivity index (χ2v) is 7.54. The molecule has 0 aromatic carbocycles. The molecule has 0 aliphatic carbocycles. The quantitative estimate of drug-likeness (QED) is 0.656. The second kappa shape index (κ2) is 3.65. The van der Waals surface area contributed by atoms with E-state index in [4.69, 9.17) is 0 Å². The third-order valence-corrected chi connectivity index (χ3v) is 6.54. The summed E-state index contributed by atoms with van der Waals surface area (Å²) >= 11 is 10.9.